The number of nitrogens with two attached hydrogens (primary N) is 1. The van der Waals surface area contributed by atoms with Gasteiger partial charge in [-0.3, -0.25) is 19.3 Å². The molecule has 0 radical (unpaired) electrons. The summed E-state index contributed by atoms with van der Waals surface area (Å²) in [5.74, 6) is -3.62. The number of allylic oxidation sites excluding steroid dienone is 1. The van der Waals surface area contributed by atoms with Crippen LogP contribution in [0.3, 0.4) is 0 Å². The van der Waals surface area contributed by atoms with E-state index in [9.17, 15) is 33.9 Å². The second-order valence-corrected chi connectivity index (χ2v) is 14.8. The first-order valence-electron chi connectivity index (χ1n) is 15.7. The van der Waals surface area contributed by atoms with Crippen LogP contribution in [-0.2, 0) is 35.4 Å². The van der Waals surface area contributed by atoms with Crippen molar-refractivity contribution in [1.29, 1.82) is 0 Å². The minimum absolute atomic E-state index is 0.0867. The summed E-state index contributed by atoms with van der Waals surface area (Å²) in [6, 6.07) is -1.37. The first kappa shape index (κ1) is 35.6. The maximum absolute atomic E-state index is 13.5. The Morgan fingerprint density at radius 1 is 1.20 bits per heavy atom. The first-order chi connectivity index (χ1) is 24.1. The van der Waals surface area contributed by atoms with Crippen molar-refractivity contribution in [3.05, 3.63) is 50.9 Å². The largest absolute Gasteiger partial charge is 0.519 e. The molecule has 4 aliphatic rings. The SMILES string of the molecule is Cc1oc(=O)oc1COC(=O)N1CC[C@H](N2CCC(=CC3=C(C(=O)O)N4C(=O)[C@@H](NC(=O)/C(=N\OC(C)(C)C)c5nsc(N)n5)[C@H]4SC3)C2=O)C1. The first-order valence-corrected chi connectivity index (χ1v) is 17.5. The lowest BCUT2D eigenvalue weighted by molar-refractivity contribution is -0.150. The Kier molecular flexibility index (Phi) is 9.68. The van der Waals surface area contributed by atoms with Crippen LogP contribution < -0.4 is 16.9 Å². The van der Waals surface area contributed by atoms with E-state index in [2.05, 4.69) is 19.8 Å². The normalized spacial score (nSPS) is 23.1. The molecule has 4 amide bonds. The monoisotopic (exact) mass is 746 g/mol. The van der Waals surface area contributed by atoms with Crippen LogP contribution in [0.2, 0.25) is 0 Å². The van der Waals surface area contributed by atoms with Gasteiger partial charge >= 0.3 is 17.9 Å². The van der Waals surface area contributed by atoms with Crippen LogP contribution in [0.15, 0.2) is 41.7 Å². The number of aromatic nitrogens is 2. The summed E-state index contributed by atoms with van der Waals surface area (Å²) in [5.41, 5.74) is 5.03. The maximum Gasteiger partial charge on any atom is 0.519 e. The Labute approximate surface area is 297 Å². The van der Waals surface area contributed by atoms with Crippen LogP contribution in [0.1, 0.15) is 51.0 Å². The summed E-state index contributed by atoms with van der Waals surface area (Å²) >= 11 is 2.09. The average molecular weight is 747 g/mol. The number of carboxylic acids is 1. The number of oxime groups is 1. The van der Waals surface area contributed by atoms with Gasteiger partial charge in [0.05, 0.1) is 6.04 Å². The van der Waals surface area contributed by atoms with Crippen LogP contribution >= 0.6 is 23.3 Å². The van der Waals surface area contributed by atoms with Crippen molar-refractivity contribution in [3.63, 3.8) is 0 Å². The van der Waals surface area contributed by atoms with Gasteiger partial charge in [-0.2, -0.15) is 9.36 Å². The van der Waals surface area contributed by atoms with E-state index in [-0.39, 0.29) is 70.3 Å². The second-order valence-electron chi connectivity index (χ2n) is 12.9. The van der Waals surface area contributed by atoms with Gasteiger partial charge in [0.15, 0.2) is 23.3 Å². The number of carbonyl (C=O) groups is 5. The highest BCUT2D eigenvalue weighted by atomic mass is 32.2. The standard InChI is InChI=1S/C30H34N8O11S2/c1-13-17(48-29(45)47-13)11-46-28(44)36-7-6-16(10-36)37-8-5-14(23(37)40)9-15-12-50-25-19(24(41)38(25)20(15)26(42)43)32-22(39)18(34-49-30(2,3)4)21-33-27(31)51-35-21/h9,16,19,25H,5-8,10-12H2,1-4H3,(H,32,39)(H,42,43)(H2,31,33,35)/b14-9?,34-18-/t16-,19+,25+/m0/s1. The number of fused-ring (bicyclic) bond motifs is 1. The van der Waals surface area contributed by atoms with E-state index in [0.717, 1.165) is 16.4 Å². The van der Waals surface area contributed by atoms with Crippen molar-refractivity contribution in [1.82, 2.24) is 29.4 Å². The molecule has 0 saturated carbocycles. The molecule has 0 aromatic carbocycles. The van der Waals surface area contributed by atoms with Crippen molar-refractivity contribution in [2.75, 3.05) is 31.1 Å². The number of carboxylic acid groups (broad SMARTS) is 1. The number of nitrogens with zero attached hydrogens (tertiary/aromatic N) is 6. The van der Waals surface area contributed by atoms with Crippen molar-refractivity contribution in [2.45, 2.75) is 70.2 Å². The number of rotatable bonds is 9. The van der Waals surface area contributed by atoms with E-state index in [1.54, 1.807) is 25.7 Å². The van der Waals surface area contributed by atoms with Crippen LogP contribution in [0, 0.1) is 6.92 Å². The highest BCUT2D eigenvalue weighted by molar-refractivity contribution is 8.00. The van der Waals surface area contributed by atoms with Gasteiger partial charge in [0, 0.05) is 42.5 Å². The Balaban J connectivity index is 1.11. The minimum atomic E-state index is -1.36. The third-order valence-corrected chi connectivity index (χ3v) is 10.1. The quantitative estimate of drug-likeness (QED) is 0.139. The molecule has 3 atom stereocenters. The number of nitrogens with one attached hydrogen (secondary N) is 1. The summed E-state index contributed by atoms with van der Waals surface area (Å²) < 4.78 is 18.9. The van der Waals surface area contributed by atoms with Crippen molar-refractivity contribution in [2.24, 2.45) is 5.16 Å². The Morgan fingerprint density at radius 2 is 1.96 bits per heavy atom. The second kappa shape index (κ2) is 13.9. The highest BCUT2D eigenvalue weighted by Crippen LogP contribution is 2.41. The molecule has 51 heavy (non-hydrogen) atoms. The van der Waals surface area contributed by atoms with Crippen molar-refractivity contribution in [3.8, 4) is 0 Å². The van der Waals surface area contributed by atoms with Gasteiger partial charge in [-0.05, 0) is 52.2 Å². The Bertz CT molecular complexity index is 1940. The molecular formula is C30H34N8O11S2. The molecule has 3 saturated heterocycles. The van der Waals surface area contributed by atoms with E-state index < -0.39 is 46.7 Å². The number of ether oxygens (including phenoxy) is 1. The Hall–Kier alpha value is -5.18. The molecule has 0 spiro atoms. The zero-order chi connectivity index (χ0) is 36.8. The van der Waals surface area contributed by atoms with Crippen LogP contribution in [0.25, 0.3) is 0 Å². The zero-order valence-electron chi connectivity index (χ0n) is 27.9. The average Bonchev–Trinajstić information content (AvgIpc) is 3.86. The summed E-state index contributed by atoms with van der Waals surface area (Å²) in [6.45, 7) is 7.34. The molecule has 3 fully saturated rings. The lowest BCUT2D eigenvalue weighted by Gasteiger charge is -2.49. The lowest BCUT2D eigenvalue weighted by Crippen LogP contribution is -2.71. The van der Waals surface area contributed by atoms with Gasteiger partial charge in [-0.25, -0.2) is 14.4 Å². The van der Waals surface area contributed by atoms with E-state index in [4.69, 9.17) is 24.1 Å². The molecule has 2 aromatic heterocycles. The zero-order valence-corrected chi connectivity index (χ0v) is 29.5. The van der Waals surface area contributed by atoms with Gasteiger partial charge in [0.25, 0.3) is 11.8 Å². The van der Waals surface area contributed by atoms with E-state index in [1.165, 1.54) is 29.7 Å². The molecule has 4 N–H and O–H groups in total. The highest BCUT2D eigenvalue weighted by Gasteiger charge is 2.54. The fraction of sp³-hybridized carbons (Fsp3) is 0.500. The smallest absolute Gasteiger partial charge is 0.477 e. The number of hydrogen-bond acceptors (Lipinski definition) is 16. The molecule has 4 aliphatic heterocycles. The molecule has 272 valence electrons. The number of aryl methyl sites for hydroxylation is 1. The number of anilines is 1. The molecule has 6 heterocycles. The number of thioether (sulfide) groups is 1. The third-order valence-electron chi connectivity index (χ3n) is 8.30. The van der Waals surface area contributed by atoms with Gasteiger partial charge in [-0.15, -0.1) is 11.8 Å². The number of amides is 4. The summed E-state index contributed by atoms with van der Waals surface area (Å²) in [6.07, 6.45) is 1.73. The molecule has 0 bridgehead atoms. The van der Waals surface area contributed by atoms with E-state index in [1.807, 2.05) is 0 Å². The topological polar surface area (TPSA) is 253 Å². The van der Waals surface area contributed by atoms with Gasteiger partial charge < -0.3 is 44.4 Å². The van der Waals surface area contributed by atoms with Crippen molar-refractivity contribution >= 4 is 63.9 Å². The molecule has 6 rings (SSSR count). The van der Waals surface area contributed by atoms with E-state index in [0.29, 0.717) is 31.5 Å². The molecule has 21 heteroatoms. The fourth-order valence-corrected chi connectivity index (χ4v) is 7.62. The van der Waals surface area contributed by atoms with Crippen molar-refractivity contribution < 1.29 is 47.5 Å². The number of likely N-dealkylation sites (tertiary alicyclic amines) is 2. The molecule has 19 nitrogen and oxygen atoms in total. The minimum Gasteiger partial charge on any atom is -0.477 e. The van der Waals surface area contributed by atoms with Crippen LogP contribution in [0.5, 0.6) is 0 Å². The predicted octanol–water partition coefficient (Wildman–Crippen LogP) is 0.803. The summed E-state index contributed by atoms with van der Waals surface area (Å²) in [4.78, 5) is 90.1. The number of carbonyl (C=O) groups excluding carboxylic acids is 4. The van der Waals surface area contributed by atoms with Gasteiger partial charge in [-0.1, -0.05) is 5.16 Å². The Morgan fingerprint density at radius 3 is 2.61 bits per heavy atom. The van der Waals surface area contributed by atoms with E-state index >= 15 is 0 Å². The molecule has 2 aromatic rings. The molecule has 0 unspecified atom stereocenters. The van der Waals surface area contributed by atoms with Crippen LogP contribution in [-0.4, -0.2) is 113 Å². The number of aliphatic carboxylic acids is 1. The summed E-state index contributed by atoms with van der Waals surface area (Å²) in [7, 11) is 0. The van der Waals surface area contributed by atoms with Gasteiger partial charge in [0.1, 0.15) is 22.7 Å². The molecular weight excluding hydrogens is 713 g/mol. The summed E-state index contributed by atoms with van der Waals surface area (Å²) in [5, 5.41) is 16.1. The molecule has 0 aliphatic carbocycles. The number of β-lactam (4-membered cyclic amide) rings is 1. The van der Waals surface area contributed by atoms with Gasteiger partial charge in [0.2, 0.25) is 17.4 Å². The van der Waals surface area contributed by atoms with Crippen LogP contribution in [0.4, 0.5) is 9.93 Å². The maximum atomic E-state index is 13.5. The fourth-order valence-electron chi connectivity index (χ4n) is 5.87. The predicted molar refractivity (Wildman–Crippen MR) is 178 cm³/mol. The third kappa shape index (κ3) is 7.34. The number of hydrogen-bond donors (Lipinski definition) is 3. The number of nitrogen functional groups attached to an aromatic ring is 1. The lowest BCUT2D eigenvalue weighted by atomic mass is 10.0.